The average molecular weight is 263 g/mol. The van der Waals surface area contributed by atoms with E-state index in [0.29, 0.717) is 11.4 Å². The summed E-state index contributed by atoms with van der Waals surface area (Å²) in [4.78, 5) is 11.8. The van der Waals surface area contributed by atoms with Gasteiger partial charge in [0.2, 0.25) is 0 Å². The third-order valence-corrected chi connectivity index (χ3v) is 2.52. The molecule has 0 aromatic heterocycles. The summed E-state index contributed by atoms with van der Waals surface area (Å²) < 4.78 is 31.3. The summed E-state index contributed by atoms with van der Waals surface area (Å²) in [5.74, 6) is -1.51. The third kappa shape index (κ3) is 3.07. The highest BCUT2D eigenvalue weighted by atomic mass is 19.1. The number of carbonyl (C=O) groups is 1. The maximum atomic E-state index is 13.4. The zero-order valence-corrected chi connectivity index (χ0v) is 10.1. The van der Waals surface area contributed by atoms with Crippen molar-refractivity contribution in [2.45, 2.75) is 0 Å². The van der Waals surface area contributed by atoms with E-state index in [4.69, 9.17) is 4.74 Å². The van der Waals surface area contributed by atoms with Crippen molar-refractivity contribution in [1.29, 1.82) is 0 Å². The lowest BCUT2D eigenvalue weighted by Crippen LogP contribution is -2.14. The first-order valence-electron chi connectivity index (χ1n) is 5.50. The van der Waals surface area contributed by atoms with Crippen molar-refractivity contribution in [2.24, 2.45) is 0 Å². The van der Waals surface area contributed by atoms with Gasteiger partial charge in [0.15, 0.2) is 0 Å². The number of carbonyl (C=O) groups excluding carboxylic acids is 1. The maximum absolute atomic E-state index is 13.4. The Bertz CT molecular complexity index is 597. The molecule has 2 aromatic rings. The van der Waals surface area contributed by atoms with Crippen LogP contribution in [0.5, 0.6) is 5.75 Å². The van der Waals surface area contributed by atoms with E-state index < -0.39 is 17.5 Å². The number of methoxy groups -OCH3 is 1. The summed E-state index contributed by atoms with van der Waals surface area (Å²) in [6.07, 6.45) is 0. The monoisotopic (exact) mass is 263 g/mol. The van der Waals surface area contributed by atoms with Crippen molar-refractivity contribution in [3.63, 3.8) is 0 Å². The topological polar surface area (TPSA) is 38.3 Å². The summed E-state index contributed by atoms with van der Waals surface area (Å²) in [6, 6.07) is 9.24. The molecule has 0 fully saturated rings. The van der Waals surface area contributed by atoms with Crippen LogP contribution in [0.2, 0.25) is 0 Å². The van der Waals surface area contributed by atoms with Gasteiger partial charge in [-0.15, -0.1) is 0 Å². The highest BCUT2D eigenvalue weighted by Crippen LogP contribution is 2.17. The van der Waals surface area contributed by atoms with E-state index in [0.717, 1.165) is 18.2 Å². The Labute approximate surface area is 108 Å². The van der Waals surface area contributed by atoms with E-state index in [1.165, 1.54) is 7.11 Å². The Morgan fingerprint density at radius 1 is 1.11 bits per heavy atom. The van der Waals surface area contributed by atoms with Gasteiger partial charge in [-0.1, -0.05) is 0 Å². The molecule has 0 aliphatic carbocycles. The summed E-state index contributed by atoms with van der Waals surface area (Å²) >= 11 is 0. The van der Waals surface area contributed by atoms with Crippen LogP contribution in [0.15, 0.2) is 42.5 Å². The fourth-order valence-corrected chi connectivity index (χ4v) is 1.54. The SMILES string of the molecule is COc1ccc(NC(=O)c2cc(F)ccc2F)cc1. The van der Waals surface area contributed by atoms with Crippen LogP contribution in [-0.2, 0) is 0 Å². The minimum Gasteiger partial charge on any atom is -0.497 e. The second-order valence-corrected chi connectivity index (χ2v) is 3.81. The van der Waals surface area contributed by atoms with E-state index in [-0.39, 0.29) is 5.56 Å². The van der Waals surface area contributed by atoms with Crippen molar-refractivity contribution in [1.82, 2.24) is 0 Å². The van der Waals surface area contributed by atoms with Crippen molar-refractivity contribution in [3.05, 3.63) is 59.7 Å². The van der Waals surface area contributed by atoms with Gasteiger partial charge in [-0.25, -0.2) is 8.78 Å². The standard InChI is InChI=1S/C14H11F2NO2/c1-19-11-5-3-10(4-6-11)17-14(18)12-8-9(15)2-7-13(12)16/h2-8H,1H3,(H,17,18). The van der Waals surface area contributed by atoms with Gasteiger partial charge in [0.25, 0.3) is 5.91 Å². The van der Waals surface area contributed by atoms with Crippen LogP contribution >= 0.6 is 0 Å². The molecule has 2 rings (SSSR count). The molecule has 19 heavy (non-hydrogen) atoms. The zero-order chi connectivity index (χ0) is 13.8. The molecule has 0 spiro atoms. The molecule has 0 saturated carbocycles. The van der Waals surface area contributed by atoms with E-state index in [2.05, 4.69) is 5.32 Å². The number of hydrogen-bond donors (Lipinski definition) is 1. The van der Waals surface area contributed by atoms with Crippen molar-refractivity contribution in [2.75, 3.05) is 12.4 Å². The molecular weight excluding hydrogens is 252 g/mol. The summed E-state index contributed by atoms with van der Waals surface area (Å²) in [5, 5.41) is 2.48. The molecule has 0 aliphatic rings. The molecule has 0 bridgehead atoms. The van der Waals surface area contributed by atoms with E-state index in [9.17, 15) is 13.6 Å². The fourth-order valence-electron chi connectivity index (χ4n) is 1.54. The molecule has 3 nitrogen and oxygen atoms in total. The van der Waals surface area contributed by atoms with Crippen LogP contribution < -0.4 is 10.1 Å². The first-order valence-corrected chi connectivity index (χ1v) is 5.50. The second-order valence-electron chi connectivity index (χ2n) is 3.81. The van der Waals surface area contributed by atoms with Crippen molar-refractivity contribution >= 4 is 11.6 Å². The molecule has 1 amide bonds. The van der Waals surface area contributed by atoms with Gasteiger partial charge in [0.05, 0.1) is 12.7 Å². The van der Waals surface area contributed by atoms with Gasteiger partial charge in [0, 0.05) is 5.69 Å². The number of hydrogen-bond acceptors (Lipinski definition) is 2. The highest BCUT2D eigenvalue weighted by molar-refractivity contribution is 6.04. The molecule has 1 N–H and O–H groups in total. The quantitative estimate of drug-likeness (QED) is 0.923. The fraction of sp³-hybridized carbons (Fsp3) is 0.0714. The minimum absolute atomic E-state index is 0.337. The van der Waals surface area contributed by atoms with Crippen LogP contribution in [-0.4, -0.2) is 13.0 Å². The number of anilines is 1. The normalized spacial score (nSPS) is 10.1. The molecule has 0 radical (unpaired) electrons. The lowest BCUT2D eigenvalue weighted by Gasteiger charge is -2.07. The van der Waals surface area contributed by atoms with Gasteiger partial charge in [-0.05, 0) is 42.5 Å². The molecule has 0 aliphatic heterocycles. The van der Waals surface area contributed by atoms with Gasteiger partial charge in [0.1, 0.15) is 17.4 Å². The van der Waals surface area contributed by atoms with Crippen LogP contribution in [0, 0.1) is 11.6 Å². The van der Waals surface area contributed by atoms with E-state index in [1.807, 2.05) is 0 Å². The lowest BCUT2D eigenvalue weighted by atomic mass is 10.2. The predicted molar refractivity (Wildman–Crippen MR) is 67.3 cm³/mol. The van der Waals surface area contributed by atoms with Crippen molar-refractivity contribution < 1.29 is 18.3 Å². The van der Waals surface area contributed by atoms with Gasteiger partial charge in [-0.2, -0.15) is 0 Å². The Hall–Kier alpha value is -2.43. The second kappa shape index (κ2) is 5.48. The number of ether oxygens (including phenoxy) is 1. The Morgan fingerprint density at radius 3 is 2.42 bits per heavy atom. The molecule has 5 heteroatoms. The smallest absolute Gasteiger partial charge is 0.258 e. The zero-order valence-electron chi connectivity index (χ0n) is 10.1. The van der Waals surface area contributed by atoms with Crippen molar-refractivity contribution in [3.8, 4) is 5.75 Å². The summed E-state index contributed by atoms with van der Waals surface area (Å²) in [6.45, 7) is 0. The maximum Gasteiger partial charge on any atom is 0.258 e. The Kier molecular flexibility index (Phi) is 3.75. The van der Waals surface area contributed by atoms with E-state index >= 15 is 0 Å². The first kappa shape index (κ1) is 13.0. The molecule has 0 heterocycles. The molecule has 0 saturated heterocycles. The lowest BCUT2D eigenvalue weighted by molar-refractivity contribution is 0.102. The first-order chi connectivity index (χ1) is 9.10. The number of benzene rings is 2. The third-order valence-electron chi connectivity index (χ3n) is 2.52. The Morgan fingerprint density at radius 2 is 1.79 bits per heavy atom. The van der Waals surface area contributed by atoms with E-state index in [1.54, 1.807) is 24.3 Å². The highest BCUT2D eigenvalue weighted by Gasteiger charge is 2.12. The van der Waals surface area contributed by atoms with Gasteiger partial charge >= 0.3 is 0 Å². The number of amides is 1. The summed E-state index contributed by atoms with van der Waals surface area (Å²) in [7, 11) is 1.52. The molecule has 0 atom stereocenters. The number of nitrogens with one attached hydrogen (secondary N) is 1. The Balaban J connectivity index is 2.18. The molecule has 2 aromatic carbocycles. The van der Waals surface area contributed by atoms with Crippen LogP contribution in [0.1, 0.15) is 10.4 Å². The number of rotatable bonds is 3. The molecular formula is C14H11F2NO2. The minimum atomic E-state index is -0.771. The molecule has 98 valence electrons. The van der Waals surface area contributed by atoms with Crippen LogP contribution in [0.25, 0.3) is 0 Å². The largest absolute Gasteiger partial charge is 0.497 e. The van der Waals surface area contributed by atoms with Gasteiger partial charge in [-0.3, -0.25) is 4.79 Å². The predicted octanol–water partition coefficient (Wildman–Crippen LogP) is 3.23. The number of halogens is 2. The van der Waals surface area contributed by atoms with Gasteiger partial charge < -0.3 is 10.1 Å². The molecule has 0 unspecified atom stereocenters. The van der Waals surface area contributed by atoms with Crippen LogP contribution in [0.3, 0.4) is 0 Å². The summed E-state index contributed by atoms with van der Waals surface area (Å²) in [5.41, 5.74) is 0.130. The van der Waals surface area contributed by atoms with Crippen LogP contribution in [0.4, 0.5) is 14.5 Å². The average Bonchev–Trinajstić information content (AvgIpc) is 2.42.